The van der Waals surface area contributed by atoms with Crippen molar-refractivity contribution < 1.29 is 20.1 Å². The first-order chi connectivity index (χ1) is 10.5. The third kappa shape index (κ3) is 5.09. The average Bonchev–Trinajstić information content (AvgIpc) is 2.55. The average molecular weight is 300 g/mol. The predicted molar refractivity (Wildman–Crippen MR) is 88.5 cm³/mol. The minimum absolute atomic E-state index is 0.292. The fourth-order valence-electron chi connectivity index (χ4n) is 1.70. The number of aliphatic hydroxyl groups excluding tert-OH is 1. The predicted octanol–water partition coefficient (Wildman–Crippen LogP) is 3.36. The second-order valence-corrected chi connectivity index (χ2v) is 4.37. The number of rotatable bonds is 4. The molecule has 0 atom stereocenters. The van der Waals surface area contributed by atoms with Gasteiger partial charge in [0, 0.05) is 5.56 Å². The fraction of sp³-hybridized carbons (Fsp3) is 0.111. The van der Waals surface area contributed by atoms with Crippen LogP contribution in [0.2, 0.25) is 0 Å². The zero-order valence-corrected chi connectivity index (χ0v) is 12.4. The van der Waals surface area contributed by atoms with Gasteiger partial charge in [-0.3, -0.25) is 0 Å². The summed E-state index contributed by atoms with van der Waals surface area (Å²) in [6.07, 6.45) is 1.80. The van der Waals surface area contributed by atoms with Crippen molar-refractivity contribution in [2.24, 2.45) is 0 Å². The van der Waals surface area contributed by atoms with Crippen molar-refractivity contribution in [3.05, 3.63) is 72.3 Å². The van der Waals surface area contributed by atoms with Gasteiger partial charge >= 0.3 is 0 Å². The van der Waals surface area contributed by atoms with Gasteiger partial charge in [0.15, 0.2) is 6.29 Å². The number of methoxy groups -OCH3 is 1. The molecule has 0 aromatic heterocycles. The number of phenolic OH excluding ortho intramolecular Hbond substituents is 1. The summed E-state index contributed by atoms with van der Waals surface area (Å²) in [7, 11) is 1.52. The Kier molecular flexibility index (Phi) is 6.89. The van der Waals surface area contributed by atoms with Crippen LogP contribution < -0.4 is 4.74 Å². The highest BCUT2D eigenvalue weighted by atomic mass is 16.5. The van der Waals surface area contributed by atoms with Gasteiger partial charge in [-0.25, -0.2) is 0 Å². The highest BCUT2D eigenvalue weighted by Crippen LogP contribution is 2.22. The van der Waals surface area contributed by atoms with E-state index in [1.54, 1.807) is 42.5 Å². The van der Waals surface area contributed by atoms with E-state index in [2.05, 4.69) is 13.2 Å². The van der Waals surface area contributed by atoms with Gasteiger partial charge in [-0.1, -0.05) is 43.5 Å². The first-order valence-corrected chi connectivity index (χ1v) is 6.59. The largest absolute Gasteiger partial charge is 0.508 e. The summed E-state index contributed by atoms with van der Waals surface area (Å²) in [5, 5.41) is 26.8. The number of aromatic hydroxyl groups is 1. The van der Waals surface area contributed by atoms with Crippen LogP contribution in [0.1, 0.15) is 23.0 Å². The monoisotopic (exact) mass is 300 g/mol. The molecular weight excluding hydrogens is 280 g/mol. The molecule has 0 aliphatic carbocycles. The van der Waals surface area contributed by atoms with Crippen LogP contribution in [0, 0.1) is 0 Å². The molecule has 4 nitrogen and oxygen atoms in total. The summed E-state index contributed by atoms with van der Waals surface area (Å²) in [6.45, 7) is 7.15. The Bertz CT molecular complexity index is 615. The maximum absolute atomic E-state index is 9.01. The highest BCUT2D eigenvalue weighted by Gasteiger charge is 2.08. The molecule has 0 aliphatic rings. The molecule has 0 unspecified atom stereocenters. The third-order valence-corrected chi connectivity index (χ3v) is 2.92. The van der Waals surface area contributed by atoms with E-state index in [1.165, 1.54) is 7.11 Å². The Hall–Kier alpha value is -2.56. The van der Waals surface area contributed by atoms with Gasteiger partial charge in [0.05, 0.1) is 7.11 Å². The summed E-state index contributed by atoms with van der Waals surface area (Å²) in [5.41, 5.74) is 2.11. The lowest BCUT2D eigenvalue weighted by Crippen LogP contribution is -1.98. The summed E-state index contributed by atoms with van der Waals surface area (Å²) >= 11 is 0. The second-order valence-electron chi connectivity index (χ2n) is 4.37. The summed E-state index contributed by atoms with van der Waals surface area (Å²) in [4.78, 5) is 0. The van der Waals surface area contributed by atoms with Crippen molar-refractivity contribution in [3.63, 3.8) is 0 Å². The highest BCUT2D eigenvalue weighted by molar-refractivity contribution is 5.54. The molecule has 2 aromatic rings. The van der Waals surface area contributed by atoms with Crippen LogP contribution >= 0.6 is 0 Å². The van der Waals surface area contributed by atoms with Gasteiger partial charge in [-0.15, -0.1) is 0 Å². The Morgan fingerprint density at radius 1 is 1.00 bits per heavy atom. The van der Waals surface area contributed by atoms with E-state index in [0.29, 0.717) is 22.6 Å². The van der Waals surface area contributed by atoms with E-state index in [1.807, 2.05) is 12.1 Å². The van der Waals surface area contributed by atoms with Crippen LogP contribution in [0.3, 0.4) is 0 Å². The van der Waals surface area contributed by atoms with E-state index in [9.17, 15) is 0 Å². The van der Waals surface area contributed by atoms with Crippen molar-refractivity contribution in [1.82, 2.24) is 0 Å². The van der Waals surface area contributed by atoms with Crippen molar-refractivity contribution in [2.45, 2.75) is 6.29 Å². The Balaban J connectivity index is 0.000000235. The summed E-state index contributed by atoms with van der Waals surface area (Å²) in [6, 6.07) is 11.9. The molecule has 22 heavy (non-hydrogen) atoms. The summed E-state index contributed by atoms with van der Waals surface area (Å²) < 4.78 is 4.95. The van der Waals surface area contributed by atoms with Crippen molar-refractivity contribution in [3.8, 4) is 11.5 Å². The molecule has 0 spiro atoms. The zero-order chi connectivity index (χ0) is 16.5. The van der Waals surface area contributed by atoms with Gasteiger partial charge in [0.1, 0.15) is 11.5 Å². The molecule has 0 amide bonds. The van der Waals surface area contributed by atoms with Crippen LogP contribution in [0.15, 0.2) is 55.6 Å². The maximum Gasteiger partial charge on any atom is 0.179 e. The normalized spacial score (nSPS) is 9.64. The Morgan fingerprint density at radius 2 is 1.64 bits per heavy atom. The van der Waals surface area contributed by atoms with Crippen LogP contribution in [-0.4, -0.2) is 22.4 Å². The van der Waals surface area contributed by atoms with Crippen molar-refractivity contribution in [1.29, 1.82) is 0 Å². The summed E-state index contributed by atoms with van der Waals surface area (Å²) in [5.74, 6) is 0.884. The lowest BCUT2D eigenvalue weighted by Gasteiger charge is -2.09. The molecule has 0 radical (unpaired) electrons. The fourth-order valence-corrected chi connectivity index (χ4v) is 1.70. The molecule has 2 rings (SSSR count). The minimum Gasteiger partial charge on any atom is -0.508 e. The second kappa shape index (κ2) is 8.67. The number of phenols is 1. The van der Waals surface area contributed by atoms with Crippen LogP contribution in [-0.2, 0) is 0 Å². The number of hydrogen-bond donors (Lipinski definition) is 3. The van der Waals surface area contributed by atoms with E-state index >= 15 is 0 Å². The van der Waals surface area contributed by atoms with Crippen molar-refractivity contribution in [2.75, 3.05) is 7.11 Å². The van der Waals surface area contributed by atoms with Crippen molar-refractivity contribution >= 4 is 12.2 Å². The van der Waals surface area contributed by atoms with Gasteiger partial charge < -0.3 is 20.1 Å². The SMILES string of the molecule is C=Cc1ccc(O)cc1.C=Cc1ccc(OC)cc1C(O)O. The molecular formula is C18H20O4. The molecule has 116 valence electrons. The maximum atomic E-state index is 9.01. The molecule has 0 saturated carbocycles. The zero-order valence-electron chi connectivity index (χ0n) is 12.4. The topological polar surface area (TPSA) is 69.9 Å². The Labute approximate surface area is 130 Å². The molecule has 0 aliphatic heterocycles. The lowest BCUT2D eigenvalue weighted by atomic mass is 10.1. The third-order valence-electron chi connectivity index (χ3n) is 2.92. The Morgan fingerprint density at radius 3 is 2.09 bits per heavy atom. The smallest absolute Gasteiger partial charge is 0.179 e. The van der Waals surface area contributed by atoms with Gasteiger partial charge in [-0.2, -0.15) is 0 Å². The molecule has 4 heteroatoms. The van der Waals surface area contributed by atoms with Gasteiger partial charge in [-0.05, 0) is 35.4 Å². The van der Waals surface area contributed by atoms with Gasteiger partial charge in [0.2, 0.25) is 0 Å². The first kappa shape index (κ1) is 17.5. The first-order valence-electron chi connectivity index (χ1n) is 6.59. The van der Waals surface area contributed by atoms with Crippen LogP contribution in [0.5, 0.6) is 11.5 Å². The van der Waals surface area contributed by atoms with E-state index in [-0.39, 0.29) is 0 Å². The molecule has 0 saturated heterocycles. The molecule has 3 N–H and O–H groups in total. The standard InChI is InChI=1S/C10H12O3.C8H8O/c1-3-7-4-5-8(13-2)6-9(7)10(11)12;1-2-7-3-5-8(9)6-4-7/h3-6,10-12H,1H2,2H3;2-6,9H,1H2. The molecule has 2 aromatic carbocycles. The number of aliphatic hydroxyl groups is 2. The van der Waals surface area contributed by atoms with Crippen LogP contribution in [0.4, 0.5) is 0 Å². The molecule has 0 bridgehead atoms. The van der Waals surface area contributed by atoms with Crippen LogP contribution in [0.25, 0.3) is 12.2 Å². The molecule has 0 heterocycles. The number of ether oxygens (including phenoxy) is 1. The van der Waals surface area contributed by atoms with E-state index in [4.69, 9.17) is 20.1 Å². The lowest BCUT2D eigenvalue weighted by molar-refractivity contribution is -0.0427. The number of benzene rings is 2. The van der Waals surface area contributed by atoms with E-state index < -0.39 is 6.29 Å². The van der Waals surface area contributed by atoms with E-state index in [0.717, 1.165) is 5.56 Å². The number of hydrogen-bond acceptors (Lipinski definition) is 4. The quantitative estimate of drug-likeness (QED) is 0.757. The molecule has 0 fully saturated rings. The minimum atomic E-state index is -1.50. The van der Waals surface area contributed by atoms with Gasteiger partial charge in [0.25, 0.3) is 0 Å².